The molecule has 1 aromatic carbocycles. The van der Waals surface area contributed by atoms with Crippen LogP contribution in [0.2, 0.25) is 5.02 Å². The monoisotopic (exact) mass is 322 g/mol. The van der Waals surface area contributed by atoms with Gasteiger partial charge in [0.05, 0.1) is 0 Å². The van der Waals surface area contributed by atoms with E-state index in [9.17, 15) is 0 Å². The van der Waals surface area contributed by atoms with Crippen LogP contribution in [0.5, 0.6) is 0 Å². The van der Waals surface area contributed by atoms with Crippen LogP contribution < -0.4 is 0 Å². The molecule has 0 aliphatic carbocycles. The first-order valence-electron chi connectivity index (χ1n) is 9.31. The van der Waals surface area contributed by atoms with E-state index in [1.807, 2.05) is 0 Å². The molecule has 0 aliphatic rings. The van der Waals surface area contributed by atoms with Gasteiger partial charge in [-0.3, -0.25) is 0 Å². The Kier molecular flexibility index (Phi) is 9.17. The lowest BCUT2D eigenvalue weighted by molar-refractivity contribution is 0.298. The molecule has 1 heteroatoms. The van der Waals surface area contributed by atoms with Gasteiger partial charge in [0.15, 0.2) is 0 Å². The number of aryl methyl sites for hydroxylation is 3. The maximum atomic E-state index is 6.32. The van der Waals surface area contributed by atoms with Gasteiger partial charge in [-0.1, -0.05) is 77.5 Å². The molecular formula is C21H35Cl. The number of hydrogen-bond acceptors (Lipinski definition) is 0. The molecule has 0 spiro atoms. The predicted octanol–water partition coefficient (Wildman–Crippen LogP) is 7.39. The third-order valence-corrected chi connectivity index (χ3v) is 5.65. The molecular weight excluding hydrogens is 288 g/mol. The maximum absolute atomic E-state index is 6.32. The van der Waals surface area contributed by atoms with Crippen molar-refractivity contribution in [3.05, 3.63) is 33.8 Å². The summed E-state index contributed by atoms with van der Waals surface area (Å²) in [6.07, 6.45) is 10.4. The van der Waals surface area contributed by atoms with Crippen LogP contribution in [0.4, 0.5) is 0 Å². The highest BCUT2D eigenvalue weighted by Crippen LogP contribution is 2.29. The van der Waals surface area contributed by atoms with E-state index in [1.165, 1.54) is 61.6 Å². The van der Waals surface area contributed by atoms with Gasteiger partial charge in [0, 0.05) is 5.02 Å². The Morgan fingerprint density at radius 1 is 1.00 bits per heavy atom. The van der Waals surface area contributed by atoms with Crippen LogP contribution in [-0.2, 0) is 12.8 Å². The van der Waals surface area contributed by atoms with E-state index < -0.39 is 0 Å². The number of benzene rings is 1. The largest absolute Gasteiger partial charge is 0.0840 e. The van der Waals surface area contributed by atoms with Gasteiger partial charge in [0.25, 0.3) is 0 Å². The van der Waals surface area contributed by atoms with Crippen molar-refractivity contribution in [1.29, 1.82) is 0 Å². The van der Waals surface area contributed by atoms with Gasteiger partial charge >= 0.3 is 0 Å². The van der Waals surface area contributed by atoms with E-state index in [0.29, 0.717) is 0 Å². The van der Waals surface area contributed by atoms with E-state index >= 15 is 0 Å². The third kappa shape index (κ3) is 5.95. The molecule has 2 unspecified atom stereocenters. The average Bonchev–Trinajstić information content (AvgIpc) is 2.51. The first-order chi connectivity index (χ1) is 10.5. The summed E-state index contributed by atoms with van der Waals surface area (Å²) in [7, 11) is 0. The Labute approximate surface area is 143 Å². The van der Waals surface area contributed by atoms with Crippen LogP contribution in [0.15, 0.2) is 12.1 Å². The van der Waals surface area contributed by atoms with E-state index in [-0.39, 0.29) is 0 Å². The lowest BCUT2D eigenvalue weighted by atomic mass is 9.82. The van der Waals surface area contributed by atoms with Gasteiger partial charge < -0.3 is 0 Å². The molecule has 126 valence electrons. The lowest BCUT2D eigenvalue weighted by Gasteiger charge is -2.23. The normalized spacial score (nSPS) is 14.1. The van der Waals surface area contributed by atoms with Crippen LogP contribution in [0.25, 0.3) is 0 Å². The lowest BCUT2D eigenvalue weighted by Crippen LogP contribution is -2.13. The highest BCUT2D eigenvalue weighted by molar-refractivity contribution is 6.31. The zero-order chi connectivity index (χ0) is 16.5. The molecule has 2 atom stereocenters. The highest BCUT2D eigenvalue weighted by atomic mass is 35.5. The topological polar surface area (TPSA) is 0 Å². The Bertz CT molecular complexity index is 436. The van der Waals surface area contributed by atoms with E-state index in [0.717, 1.165) is 23.3 Å². The third-order valence-electron chi connectivity index (χ3n) is 5.30. The van der Waals surface area contributed by atoms with E-state index in [1.54, 1.807) is 0 Å². The van der Waals surface area contributed by atoms with Crippen molar-refractivity contribution in [3.8, 4) is 0 Å². The minimum absolute atomic E-state index is 0.843. The fourth-order valence-corrected chi connectivity index (χ4v) is 3.70. The second kappa shape index (κ2) is 10.3. The molecule has 0 amide bonds. The Morgan fingerprint density at radius 2 is 1.73 bits per heavy atom. The Hall–Kier alpha value is -0.490. The van der Waals surface area contributed by atoms with Crippen LogP contribution in [0.3, 0.4) is 0 Å². The van der Waals surface area contributed by atoms with Crippen molar-refractivity contribution in [2.75, 3.05) is 0 Å². The fraction of sp³-hybridized carbons (Fsp3) is 0.714. The molecule has 0 saturated carbocycles. The molecule has 0 heterocycles. The van der Waals surface area contributed by atoms with Gasteiger partial charge in [-0.05, 0) is 60.8 Å². The minimum atomic E-state index is 0.843. The van der Waals surface area contributed by atoms with Crippen molar-refractivity contribution in [2.45, 2.75) is 86.0 Å². The maximum Gasteiger partial charge on any atom is 0.0440 e. The first-order valence-corrected chi connectivity index (χ1v) is 9.69. The molecule has 0 aliphatic heterocycles. The zero-order valence-electron chi connectivity index (χ0n) is 15.3. The Balaban J connectivity index is 2.71. The van der Waals surface area contributed by atoms with Crippen molar-refractivity contribution in [1.82, 2.24) is 0 Å². The van der Waals surface area contributed by atoms with Gasteiger partial charge in [0.2, 0.25) is 0 Å². The summed E-state index contributed by atoms with van der Waals surface area (Å²) in [5.41, 5.74) is 4.16. The van der Waals surface area contributed by atoms with Crippen LogP contribution in [0, 0.1) is 18.8 Å². The van der Waals surface area contributed by atoms with Crippen molar-refractivity contribution < 1.29 is 0 Å². The summed E-state index contributed by atoms with van der Waals surface area (Å²) < 4.78 is 0. The number of unbranched alkanes of at least 4 members (excludes halogenated alkanes) is 2. The fourth-order valence-electron chi connectivity index (χ4n) is 3.35. The van der Waals surface area contributed by atoms with Crippen LogP contribution in [0.1, 0.15) is 82.9 Å². The van der Waals surface area contributed by atoms with Gasteiger partial charge in [-0.15, -0.1) is 0 Å². The van der Waals surface area contributed by atoms with E-state index in [4.69, 9.17) is 11.6 Å². The number of halogens is 1. The quantitative estimate of drug-likeness (QED) is 0.394. The van der Waals surface area contributed by atoms with Crippen LogP contribution in [-0.4, -0.2) is 0 Å². The summed E-state index contributed by atoms with van der Waals surface area (Å²) in [4.78, 5) is 0. The summed E-state index contributed by atoms with van der Waals surface area (Å²) in [6, 6.07) is 4.50. The summed E-state index contributed by atoms with van der Waals surface area (Å²) in [5, 5.41) is 0.935. The average molecular weight is 323 g/mol. The molecule has 22 heavy (non-hydrogen) atoms. The second-order valence-electron chi connectivity index (χ2n) is 6.90. The first kappa shape index (κ1) is 19.6. The zero-order valence-corrected chi connectivity index (χ0v) is 16.1. The second-order valence-corrected chi connectivity index (χ2v) is 7.31. The SMILES string of the molecule is CCCCCC(CCc1cc(CC)c(Cl)cc1C)C(C)CC. The predicted molar refractivity (Wildman–Crippen MR) is 101 cm³/mol. The summed E-state index contributed by atoms with van der Waals surface area (Å²) in [6.45, 7) is 11.5. The molecule has 1 rings (SSSR count). The highest BCUT2D eigenvalue weighted by Gasteiger charge is 2.16. The molecule has 0 radical (unpaired) electrons. The summed E-state index contributed by atoms with van der Waals surface area (Å²) in [5.74, 6) is 1.71. The minimum Gasteiger partial charge on any atom is -0.0840 e. The van der Waals surface area contributed by atoms with E-state index in [2.05, 4.69) is 46.8 Å². The smallest absolute Gasteiger partial charge is 0.0440 e. The molecule has 0 nitrogen and oxygen atoms in total. The van der Waals surface area contributed by atoms with Crippen molar-refractivity contribution in [3.63, 3.8) is 0 Å². The molecule has 0 saturated heterocycles. The Morgan fingerprint density at radius 3 is 2.32 bits per heavy atom. The van der Waals surface area contributed by atoms with Gasteiger partial charge in [0.1, 0.15) is 0 Å². The molecule has 0 N–H and O–H groups in total. The summed E-state index contributed by atoms with van der Waals surface area (Å²) >= 11 is 6.32. The number of hydrogen-bond donors (Lipinski definition) is 0. The van der Waals surface area contributed by atoms with Gasteiger partial charge in [-0.25, -0.2) is 0 Å². The van der Waals surface area contributed by atoms with Gasteiger partial charge in [-0.2, -0.15) is 0 Å². The number of rotatable bonds is 10. The molecule has 0 aromatic heterocycles. The molecule has 1 aromatic rings. The van der Waals surface area contributed by atoms with Crippen molar-refractivity contribution >= 4 is 11.6 Å². The molecule has 0 fully saturated rings. The van der Waals surface area contributed by atoms with Crippen LogP contribution >= 0.6 is 11.6 Å². The van der Waals surface area contributed by atoms with Crippen molar-refractivity contribution in [2.24, 2.45) is 11.8 Å². The standard InChI is InChI=1S/C21H35Cl/c1-6-9-10-11-19(16(4)7-2)12-13-20-15-18(8-3)21(22)14-17(20)5/h14-16,19H,6-13H2,1-5H3. The molecule has 0 bridgehead atoms.